The van der Waals surface area contributed by atoms with Gasteiger partial charge in [0.1, 0.15) is 5.83 Å². The quantitative estimate of drug-likeness (QED) is 0.557. The molecule has 182 valence electrons. The zero-order valence-electron chi connectivity index (χ0n) is 20.1. The number of aliphatic imine (C=N–C) groups is 1. The van der Waals surface area contributed by atoms with Crippen LogP contribution in [0.4, 0.5) is 10.3 Å². The summed E-state index contributed by atoms with van der Waals surface area (Å²) in [5.41, 5.74) is 0.135. The van der Waals surface area contributed by atoms with Gasteiger partial charge in [-0.25, -0.2) is 18.5 Å². The lowest BCUT2D eigenvalue weighted by atomic mass is 9.84. The van der Waals surface area contributed by atoms with E-state index in [1.54, 1.807) is 18.4 Å². The molecule has 0 spiro atoms. The van der Waals surface area contributed by atoms with Crippen LogP contribution in [0.5, 0.6) is 0 Å². The maximum atomic E-state index is 14.4. The van der Waals surface area contributed by atoms with E-state index in [0.29, 0.717) is 18.4 Å². The highest BCUT2D eigenvalue weighted by atomic mass is 19.1. The van der Waals surface area contributed by atoms with Crippen molar-refractivity contribution in [3.63, 3.8) is 0 Å². The van der Waals surface area contributed by atoms with E-state index in [4.69, 9.17) is 0 Å². The summed E-state index contributed by atoms with van der Waals surface area (Å²) in [6.45, 7) is 5.92. The fourth-order valence-corrected chi connectivity index (χ4v) is 3.80. The fraction of sp³-hybridized carbons (Fsp3) is 0.346. The second-order valence-electron chi connectivity index (χ2n) is 8.29. The lowest BCUT2D eigenvalue weighted by Crippen LogP contribution is -2.42. The van der Waals surface area contributed by atoms with Crippen LogP contribution in [-0.4, -0.2) is 20.3 Å². The van der Waals surface area contributed by atoms with Gasteiger partial charge in [0.2, 0.25) is 5.95 Å². The van der Waals surface area contributed by atoms with E-state index in [1.165, 1.54) is 23.0 Å². The van der Waals surface area contributed by atoms with Crippen molar-refractivity contribution in [3.8, 4) is 6.07 Å². The SMILES string of the molecule is C\C=C(C)/C=N\C=C\n1c(=O)nc(NC2=CCCC=C2F)n(CC2C=C(C#N)C=CC2CC)c1=O. The van der Waals surface area contributed by atoms with Crippen molar-refractivity contribution in [2.24, 2.45) is 16.8 Å². The van der Waals surface area contributed by atoms with Crippen LogP contribution in [0.2, 0.25) is 0 Å². The number of halogens is 1. The van der Waals surface area contributed by atoms with Crippen LogP contribution in [0.3, 0.4) is 0 Å². The third-order valence-electron chi connectivity index (χ3n) is 5.94. The molecule has 1 heterocycles. The Morgan fingerprint density at radius 2 is 2.11 bits per heavy atom. The number of hydrogen-bond acceptors (Lipinski definition) is 6. The second-order valence-corrected chi connectivity index (χ2v) is 8.29. The molecule has 2 atom stereocenters. The number of hydrogen-bond donors (Lipinski definition) is 1. The van der Waals surface area contributed by atoms with Gasteiger partial charge < -0.3 is 5.32 Å². The molecule has 0 amide bonds. The Morgan fingerprint density at radius 3 is 2.80 bits per heavy atom. The van der Waals surface area contributed by atoms with E-state index in [9.17, 15) is 19.2 Å². The topological polar surface area (TPSA) is 105 Å². The number of nitrogens with one attached hydrogen (secondary N) is 1. The monoisotopic (exact) mass is 476 g/mol. The van der Waals surface area contributed by atoms with Crippen LogP contribution in [0.25, 0.3) is 6.20 Å². The van der Waals surface area contributed by atoms with Gasteiger partial charge in [-0.1, -0.05) is 31.2 Å². The fourth-order valence-electron chi connectivity index (χ4n) is 3.80. The average Bonchev–Trinajstić information content (AvgIpc) is 2.86. The number of anilines is 1. The van der Waals surface area contributed by atoms with Crippen LogP contribution in [0.1, 0.15) is 40.0 Å². The zero-order valence-corrected chi connectivity index (χ0v) is 20.1. The molecule has 0 aromatic carbocycles. The highest BCUT2D eigenvalue weighted by Gasteiger charge is 2.24. The minimum atomic E-state index is -0.812. The number of aromatic nitrogens is 3. The van der Waals surface area contributed by atoms with Gasteiger partial charge in [0.15, 0.2) is 0 Å². The predicted octanol–water partition coefficient (Wildman–Crippen LogP) is 4.48. The van der Waals surface area contributed by atoms with Gasteiger partial charge in [0.25, 0.3) is 0 Å². The maximum Gasteiger partial charge on any atom is 0.359 e. The smallest absolute Gasteiger partial charge is 0.323 e. The molecule has 0 saturated carbocycles. The summed E-state index contributed by atoms with van der Waals surface area (Å²) in [7, 11) is 0. The summed E-state index contributed by atoms with van der Waals surface area (Å²) < 4.78 is 16.5. The minimum absolute atomic E-state index is 0.0501. The lowest BCUT2D eigenvalue weighted by Gasteiger charge is -2.26. The molecule has 8 nitrogen and oxygen atoms in total. The largest absolute Gasteiger partial charge is 0.359 e. The standard InChI is InChI=1S/C26H29FN6O2/c1-4-18(3)16-29-12-13-32-25(34)31-24(30-23-9-7-6-8-22(23)27)33(26(32)35)17-21-14-19(15-28)10-11-20(21)5-2/h4,8-14,16,20-21H,5-7,17H2,1-3H3,(H,30,31,34)/b13-12+,18-4-,29-16-. The van der Waals surface area contributed by atoms with Crippen molar-refractivity contribution in [2.75, 3.05) is 5.32 Å². The van der Waals surface area contributed by atoms with E-state index in [-0.39, 0.29) is 30.0 Å². The normalized spacial score (nSPS) is 20.5. The zero-order chi connectivity index (χ0) is 25.4. The summed E-state index contributed by atoms with van der Waals surface area (Å²) in [6, 6.07) is 2.14. The molecular weight excluding hydrogens is 447 g/mol. The Labute approximate surface area is 203 Å². The minimum Gasteiger partial charge on any atom is -0.323 e. The number of rotatable bonds is 8. The highest BCUT2D eigenvalue weighted by molar-refractivity contribution is 5.78. The summed E-state index contributed by atoms with van der Waals surface area (Å²) >= 11 is 0. The van der Waals surface area contributed by atoms with Gasteiger partial charge in [-0.2, -0.15) is 10.2 Å². The van der Waals surface area contributed by atoms with Gasteiger partial charge >= 0.3 is 11.4 Å². The van der Waals surface area contributed by atoms with Crippen molar-refractivity contribution < 1.29 is 4.39 Å². The maximum absolute atomic E-state index is 14.4. The Bertz CT molecular complexity index is 1330. The molecule has 1 aromatic rings. The van der Waals surface area contributed by atoms with Gasteiger partial charge in [0, 0.05) is 36.7 Å². The van der Waals surface area contributed by atoms with E-state index in [2.05, 4.69) is 21.4 Å². The Kier molecular flexibility index (Phi) is 8.68. The van der Waals surface area contributed by atoms with Crippen LogP contribution < -0.4 is 16.7 Å². The first kappa shape index (κ1) is 25.6. The number of allylic oxidation sites excluding steroid dienone is 9. The molecule has 9 heteroatoms. The van der Waals surface area contributed by atoms with E-state index < -0.39 is 17.2 Å². The molecule has 1 aromatic heterocycles. The van der Waals surface area contributed by atoms with Gasteiger partial charge in [0.05, 0.1) is 11.8 Å². The van der Waals surface area contributed by atoms with E-state index >= 15 is 0 Å². The van der Waals surface area contributed by atoms with Crippen LogP contribution >= 0.6 is 0 Å². The molecule has 2 unspecified atom stereocenters. The summed E-state index contributed by atoms with van der Waals surface area (Å²) in [5.74, 6) is -0.619. The van der Waals surface area contributed by atoms with Crippen LogP contribution in [-0.2, 0) is 6.54 Å². The summed E-state index contributed by atoms with van der Waals surface area (Å²) in [4.78, 5) is 34.3. The third kappa shape index (κ3) is 6.29. The van der Waals surface area contributed by atoms with Gasteiger partial charge in [-0.15, -0.1) is 0 Å². The van der Waals surface area contributed by atoms with E-state index in [0.717, 1.165) is 16.6 Å². The Morgan fingerprint density at radius 1 is 1.34 bits per heavy atom. The molecule has 2 aliphatic rings. The molecule has 2 aliphatic carbocycles. The molecule has 0 fully saturated rings. The summed E-state index contributed by atoms with van der Waals surface area (Å²) in [6.07, 6.45) is 16.7. The second kappa shape index (κ2) is 11.9. The molecule has 0 saturated heterocycles. The number of nitriles is 1. The molecular formula is C26H29FN6O2. The highest BCUT2D eigenvalue weighted by Crippen LogP contribution is 2.28. The molecule has 1 N–H and O–H groups in total. The molecule has 0 radical (unpaired) electrons. The van der Waals surface area contributed by atoms with Gasteiger partial charge in [-0.3, -0.25) is 9.56 Å². The number of nitrogens with zero attached hydrogens (tertiary/aromatic N) is 5. The van der Waals surface area contributed by atoms with Crippen molar-refractivity contribution in [1.29, 1.82) is 5.26 Å². The van der Waals surface area contributed by atoms with Crippen molar-refractivity contribution in [3.05, 3.63) is 86.3 Å². The first-order valence-corrected chi connectivity index (χ1v) is 11.6. The first-order valence-electron chi connectivity index (χ1n) is 11.6. The summed E-state index contributed by atoms with van der Waals surface area (Å²) in [5, 5.41) is 12.2. The van der Waals surface area contributed by atoms with Crippen molar-refractivity contribution >= 4 is 18.4 Å². The van der Waals surface area contributed by atoms with Gasteiger partial charge in [-0.05, 0) is 56.8 Å². The van der Waals surface area contributed by atoms with Crippen LogP contribution in [0, 0.1) is 23.2 Å². The van der Waals surface area contributed by atoms with Crippen LogP contribution in [0.15, 0.2) is 79.9 Å². The molecule has 3 rings (SSSR count). The molecule has 0 aliphatic heterocycles. The Hall–Kier alpha value is -4.06. The predicted molar refractivity (Wildman–Crippen MR) is 136 cm³/mol. The Balaban J connectivity index is 2.07. The molecule has 35 heavy (non-hydrogen) atoms. The van der Waals surface area contributed by atoms with E-state index in [1.807, 2.05) is 39.0 Å². The van der Waals surface area contributed by atoms with Crippen molar-refractivity contribution in [2.45, 2.75) is 46.6 Å². The van der Waals surface area contributed by atoms with Crippen molar-refractivity contribution in [1.82, 2.24) is 14.1 Å². The first-order chi connectivity index (χ1) is 16.9. The average molecular weight is 477 g/mol. The lowest BCUT2D eigenvalue weighted by molar-refractivity contribution is 0.388. The third-order valence-corrected chi connectivity index (χ3v) is 5.94. The molecule has 0 bridgehead atoms.